The standard InChI is InChI=1S/C14H30N2O5/c1-14(17)16(3)5-7-19-9-11-21-13-12-20-10-8-18-6-4-15-2/h15H,4-13H2,1-3H3. The molecule has 0 atom stereocenters. The summed E-state index contributed by atoms with van der Waals surface area (Å²) in [5.41, 5.74) is 0. The Morgan fingerprint density at radius 3 is 1.71 bits per heavy atom. The lowest BCUT2D eigenvalue weighted by atomic mass is 10.5. The number of likely N-dealkylation sites (N-methyl/N-ethyl adjacent to an activating group) is 2. The maximum Gasteiger partial charge on any atom is 0.219 e. The highest BCUT2D eigenvalue weighted by Gasteiger charge is 2.00. The fraction of sp³-hybridized carbons (Fsp3) is 0.929. The number of ether oxygens (including phenoxy) is 4. The predicted octanol–water partition coefficient (Wildman–Crippen LogP) is -0.249. The molecule has 0 aliphatic carbocycles. The lowest BCUT2D eigenvalue weighted by Gasteiger charge is -2.14. The van der Waals surface area contributed by atoms with Crippen molar-refractivity contribution in [2.24, 2.45) is 0 Å². The molecule has 7 nitrogen and oxygen atoms in total. The molecule has 1 amide bonds. The second kappa shape index (κ2) is 15.7. The normalized spacial score (nSPS) is 10.8. The molecule has 0 spiro atoms. The minimum Gasteiger partial charge on any atom is -0.378 e. The Morgan fingerprint density at radius 2 is 1.29 bits per heavy atom. The first-order chi connectivity index (χ1) is 10.2. The Morgan fingerprint density at radius 1 is 0.857 bits per heavy atom. The van der Waals surface area contributed by atoms with E-state index < -0.39 is 0 Å². The second-order valence-electron chi connectivity index (χ2n) is 4.49. The number of hydrogen-bond donors (Lipinski definition) is 1. The molecular weight excluding hydrogens is 276 g/mol. The molecule has 0 aliphatic rings. The van der Waals surface area contributed by atoms with Gasteiger partial charge in [0.15, 0.2) is 0 Å². The van der Waals surface area contributed by atoms with Crippen molar-refractivity contribution in [1.29, 1.82) is 0 Å². The fourth-order valence-electron chi connectivity index (χ4n) is 1.29. The van der Waals surface area contributed by atoms with Crippen LogP contribution in [0.4, 0.5) is 0 Å². The van der Waals surface area contributed by atoms with E-state index in [0.29, 0.717) is 59.4 Å². The molecule has 1 N–H and O–H groups in total. The summed E-state index contributed by atoms with van der Waals surface area (Å²) >= 11 is 0. The molecule has 0 saturated carbocycles. The average Bonchev–Trinajstić information content (AvgIpc) is 2.47. The van der Waals surface area contributed by atoms with Crippen molar-refractivity contribution in [3.8, 4) is 0 Å². The van der Waals surface area contributed by atoms with E-state index in [4.69, 9.17) is 18.9 Å². The zero-order chi connectivity index (χ0) is 15.8. The van der Waals surface area contributed by atoms with E-state index >= 15 is 0 Å². The Labute approximate surface area is 127 Å². The highest BCUT2D eigenvalue weighted by molar-refractivity contribution is 5.72. The number of rotatable bonds is 15. The van der Waals surface area contributed by atoms with Gasteiger partial charge in [-0.3, -0.25) is 4.79 Å². The van der Waals surface area contributed by atoms with Crippen molar-refractivity contribution < 1.29 is 23.7 Å². The lowest BCUT2D eigenvalue weighted by molar-refractivity contribution is -0.128. The van der Waals surface area contributed by atoms with Gasteiger partial charge in [-0.05, 0) is 7.05 Å². The first-order valence-corrected chi connectivity index (χ1v) is 7.35. The second-order valence-corrected chi connectivity index (χ2v) is 4.49. The van der Waals surface area contributed by atoms with E-state index in [1.54, 1.807) is 11.9 Å². The summed E-state index contributed by atoms with van der Waals surface area (Å²) in [5, 5.41) is 3.00. The molecule has 0 unspecified atom stereocenters. The van der Waals surface area contributed by atoms with Crippen LogP contribution in [0.25, 0.3) is 0 Å². The molecule has 0 fully saturated rings. The van der Waals surface area contributed by atoms with Gasteiger partial charge in [-0.1, -0.05) is 0 Å². The summed E-state index contributed by atoms with van der Waals surface area (Å²) in [6.45, 7) is 7.58. The molecular formula is C14H30N2O5. The number of carbonyl (C=O) groups excluding carboxylic acids is 1. The van der Waals surface area contributed by atoms with Crippen molar-refractivity contribution in [2.75, 3.05) is 80.0 Å². The van der Waals surface area contributed by atoms with Crippen molar-refractivity contribution >= 4 is 5.91 Å². The fourth-order valence-corrected chi connectivity index (χ4v) is 1.29. The van der Waals surface area contributed by atoms with Crippen molar-refractivity contribution in [1.82, 2.24) is 10.2 Å². The summed E-state index contributed by atoms with van der Waals surface area (Å²) in [5.74, 6) is 0.0435. The van der Waals surface area contributed by atoms with Gasteiger partial charge in [-0.25, -0.2) is 0 Å². The van der Waals surface area contributed by atoms with Crippen LogP contribution in [0.5, 0.6) is 0 Å². The Hall–Kier alpha value is -0.730. The van der Waals surface area contributed by atoms with E-state index in [-0.39, 0.29) is 5.91 Å². The molecule has 0 saturated heterocycles. The van der Waals surface area contributed by atoms with Gasteiger partial charge in [0, 0.05) is 27.1 Å². The maximum absolute atomic E-state index is 10.9. The number of carbonyl (C=O) groups is 1. The van der Waals surface area contributed by atoms with Crippen LogP contribution >= 0.6 is 0 Å². The van der Waals surface area contributed by atoms with Gasteiger partial charge >= 0.3 is 0 Å². The molecule has 0 radical (unpaired) electrons. The van der Waals surface area contributed by atoms with Gasteiger partial charge in [0.2, 0.25) is 5.91 Å². The summed E-state index contributed by atoms with van der Waals surface area (Å²) in [6, 6.07) is 0. The molecule has 0 bridgehead atoms. The lowest BCUT2D eigenvalue weighted by Crippen LogP contribution is -2.28. The minimum atomic E-state index is 0.0435. The van der Waals surface area contributed by atoms with Crippen LogP contribution in [0, 0.1) is 0 Å². The maximum atomic E-state index is 10.9. The van der Waals surface area contributed by atoms with Crippen molar-refractivity contribution in [3.63, 3.8) is 0 Å². The minimum absolute atomic E-state index is 0.0435. The third-order valence-electron chi connectivity index (χ3n) is 2.72. The zero-order valence-corrected chi connectivity index (χ0v) is 13.6. The van der Waals surface area contributed by atoms with E-state index in [1.165, 1.54) is 6.92 Å². The van der Waals surface area contributed by atoms with E-state index in [9.17, 15) is 4.79 Å². The summed E-state index contributed by atoms with van der Waals surface area (Å²) in [6.07, 6.45) is 0. The molecule has 0 rings (SSSR count). The predicted molar refractivity (Wildman–Crippen MR) is 80.5 cm³/mol. The van der Waals surface area contributed by atoms with Crippen LogP contribution in [0.1, 0.15) is 6.92 Å². The SMILES string of the molecule is CNCCOCCOCCOCCOCCN(C)C(C)=O. The monoisotopic (exact) mass is 306 g/mol. The molecule has 126 valence electrons. The quantitative estimate of drug-likeness (QED) is 0.421. The molecule has 0 aromatic carbocycles. The Bertz CT molecular complexity index is 241. The van der Waals surface area contributed by atoms with Gasteiger partial charge in [-0.2, -0.15) is 0 Å². The summed E-state index contributed by atoms with van der Waals surface area (Å²) in [4.78, 5) is 12.5. The largest absolute Gasteiger partial charge is 0.378 e. The van der Waals surface area contributed by atoms with Crippen LogP contribution in [0.2, 0.25) is 0 Å². The van der Waals surface area contributed by atoms with Crippen molar-refractivity contribution in [3.05, 3.63) is 0 Å². The van der Waals surface area contributed by atoms with Gasteiger partial charge in [0.1, 0.15) is 0 Å². The highest BCUT2D eigenvalue weighted by Crippen LogP contribution is 1.86. The number of hydrogen-bond acceptors (Lipinski definition) is 6. The third kappa shape index (κ3) is 15.5. The van der Waals surface area contributed by atoms with Crippen LogP contribution in [-0.2, 0) is 23.7 Å². The third-order valence-corrected chi connectivity index (χ3v) is 2.72. The molecule has 21 heavy (non-hydrogen) atoms. The molecule has 0 aromatic rings. The van der Waals surface area contributed by atoms with E-state index in [2.05, 4.69) is 5.32 Å². The number of nitrogens with one attached hydrogen (secondary N) is 1. The Balaban J connectivity index is 3.04. The molecule has 0 aliphatic heterocycles. The van der Waals surface area contributed by atoms with Gasteiger partial charge in [0.05, 0.1) is 52.9 Å². The Kier molecular flexibility index (Phi) is 15.1. The van der Waals surface area contributed by atoms with Crippen LogP contribution < -0.4 is 5.32 Å². The van der Waals surface area contributed by atoms with Gasteiger partial charge in [-0.15, -0.1) is 0 Å². The first-order valence-electron chi connectivity index (χ1n) is 7.35. The smallest absolute Gasteiger partial charge is 0.219 e. The van der Waals surface area contributed by atoms with Gasteiger partial charge < -0.3 is 29.2 Å². The zero-order valence-electron chi connectivity index (χ0n) is 13.6. The van der Waals surface area contributed by atoms with E-state index in [1.807, 2.05) is 7.05 Å². The molecule has 7 heteroatoms. The van der Waals surface area contributed by atoms with Crippen LogP contribution in [0.15, 0.2) is 0 Å². The summed E-state index contributed by atoms with van der Waals surface area (Å²) < 4.78 is 21.4. The molecule has 0 aromatic heterocycles. The van der Waals surface area contributed by atoms with E-state index in [0.717, 1.165) is 6.54 Å². The van der Waals surface area contributed by atoms with Gasteiger partial charge in [0.25, 0.3) is 0 Å². The van der Waals surface area contributed by atoms with Crippen LogP contribution in [-0.4, -0.2) is 90.8 Å². The highest BCUT2D eigenvalue weighted by atomic mass is 16.6. The van der Waals surface area contributed by atoms with Crippen molar-refractivity contribution in [2.45, 2.75) is 6.92 Å². The number of amides is 1. The first kappa shape index (κ1) is 20.3. The summed E-state index contributed by atoms with van der Waals surface area (Å²) in [7, 11) is 3.64. The van der Waals surface area contributed by atoms with Crippen LogP contribution in [0.3, 0.4) is 0 Å². The number of nitrogens with zero attached hydrogens (tertiary/aromatic N) is 1. The topological polar surface area (TPSA) is 69.3 Å². The molecule has 0 heterocycles. The average molecular weight is 306 g/mol.